The van der Waals surface area contributed by atoms with E-state index in [1.165, 1.54) is 6.33 Å². The number of carbonyl (C=O) groups is 1. The standard InChI is InChI=1S/C14H16N4O2/c1-20-13-10-4-7-18(8-5-11(10)16-9-17-13)14(19)12-3-2-6-15-12/h2-3,6,9,15H,4-5,7-8H2,1H3. The second-order valence-corrected chi connectivity index (χ2v) is 4.68. The Hall–Kier alpha value is -2.37. The van der Waals surface area contributed by atoms with Crippen LogP contribution in [0.2, 0.25) is 0 Å². The maximum atomic E-state index is 12.3. The molecule has 6 heteroatoms. The molecule has 1 aliphatic rings. The van der Waals surface area contributed by atoms with Gasteiger partial charge >= 0.3 is 0 Å². The minimum absolute atomic E-state index is 0.0229. The Labute approximate surface area is 116 Å². The Bertz CT molecular complexity index is 610. The molecule has 104 valence electrons. The number of H-pyrrole nitrogens is 1. The predicted octanol–water partition coefficient (Wildman–Crippen LogP) is 1.05. The summed E-state index contributed by atoms with van der Waals surface area (Å²) in [6.45, 7) is 1.31. The van der Waals surface area contributed by atoms with Crippen LogP contribution in [0.1, 0.15) is 21.7 Å². The van der Waals surface area contributed by atoms with Crippen molar-refractivity contribution in [2.24, 2.45) is 0 Å². The second kappa shape index (κ2) is 5.32. The highest BCUT2D eigenvalue weighted by molar-refractivity contribution is 5.92. The molecule has 0 saturated heterocycles. The lowest BCUT2D eigenvalue weighted by molar-refractivity contribution is 0.0757. The Kier molecular flexibility index (Phi) is 3.37. The molecule has 1 N–H and O–H groups in total. The Morgan fingerprint density at radius 2 is 2.20 bits per heavy atom. The number of ether oxygens (including phenoxy) is 1. The van der Waals surface area contributed by atoms with E-state index in [2.05, 4.69) is 15.0 Å². The highest BCUT2D eigenvalue weighted by Crippen LogP contribution is 2.22. The average Bonchev–Trinajstić information content (AvgIpc) is 2.92. The molecule has 1 aliphatic heterocycles. The first-order valence-corrected chi connectivity index (χ1v) is 6.59. The molecule has 2 aromatic rings. The molecule has 1 amide bonds. The molecule has 0 aliphatic carbocycles. The van der Waals surface area contributed by atoms with E-state index in [-0.39, 0.29) is 5.91 Å². The van der Waals surface area contributed by atoms with Crippen LogP contribution in [0.3, 0.4) is 0 Å². The smallest absolute Gasteiger partial charge is 0.270 e. The lowest BCUT2D eigenvalue weighted by Crippen LogP contribution is -2.33. The molecule has 0 fully saturated rings. The summed E-state index contributed by atoms with van der Waals surface area (Å²) in [6, 6.07) is 3.62. The Balaban J connectivity index is 1.81. The summed E-state index contributed by atoms with van der Waals surface area (Å²) >= 11 is 0. The summed E-state index contributed by atoms with van der Waals surface area (Å²) < 4.78 is 5.28. The van der Waals surface area contributed by atoms with Crippen LogP contribution in [0.5, 0.6) is 5.88 Å². The minimum atomic E-state index is 0.0229. The summed E-state index contributed by atoms with van der Waals surface area (Å²) in [5.74, 6) is 0.638. The summed E-state index contributed by atoms with van der Waals surface area (Å²) in [5, 5.41) is 0. The number of carbonyl (C=O) groups excluding carboxylic acids is 1. The largest absolute Gasteiger partial charge is 0.481 e. The molecule has 6 nitrogen and oxygen atoms in total. The number of methoxy groups -OCH3 is 1. The van der Waals surface area contributed by atoms with Crippen molar-refractivity contribution in [3.63, 3.8) is 0 Å². The quantitative estimate of drug-likeness (QED) is 0.887. The minimum Gasteiger partial charge on any atom is -0.481 e. The third-order valence-corrected chi connectivity index (χ3v) is 3.55. The molecule has 0 bridgehead atoms. The van der Waals surface area contributed by atoms with E-state index in [4.69, 9.17) is 4.74 Å². The number of aromatic amines is 1. The number of amides is 1. The van der Waals surface area contributed by atoms with Crippen molar-refractivity contribution in [3.8, 4) is 5.88 Å². The van der Waals surface area contributed by atoms with Crippen LogP contribution in [-0.4, -0.2) is 46.0 Å². The van der Waals surface area contributed by atoms with Gasteiger partial charge in [0, 0.05) is 31.3 Å². The van der Waals surface area contributed by atoms with E-state index in [1.54, 1.807) is 19.4 Å². The van der Waals surface area contributed by atoms with Crippen molar-refractivity contribution in [2.75, 3.05) is 20.2 Å². The monoisotopic (exact) mass is 272 g/mol. The molecule has 3 rings (SSSR count). The van der Waals surface area contributed by atoms with Crippen molar-refractivity contribution in [1.29, 1.82) is 0 Å². The van der Waals surface area contributed by atoms with Gasteiger partial charge in [-0.2, -0.15) is 0 Å². The average molecular weight is 272 g/mol. The summed E-state index contributed by atoms with van der Waals surface area (Å²) in [6.07, 6.45) is 4.71. The number of rotatable bonds is 2. The zero-order valence-electron chi connectivity index (χ0n) is 11.3. The van der Waals surface area contributed by atoms with E-state index in [1.807, 2.05) is 11.0 Å². The molecular weight excluding hydrogens is 256 g/mol. The third kappa shape index (κ3) is 2.24. The number of hydrogen-bond acceptors (Lipinski definition) is 4. The van der Waals surface area contributed by atoms with Gasteiger partial charge in [0.05, 0.1) is 12.8 Å². The molecular formula is C14H16N4O2. The zero-order chi connectivity index (χ0) is 13.9. The fourth-order valence-corrected chi connectivity index (χ4v) is 2.51. The SMILES string of the molecule is COc1ncnc2c1CCN(C(=O)c1ccc[nH]1)CC2. The number of aromatic nitrogens is 3. The maximum absolute atomic E-state index is 12.3. The zero-order valence-corrected chi connectivity index (χ0v) is 11.3. The van der Waals surface area contributed by atoms with Gasteiger partial charge in [-0.05, 0) is 18.6 Å². The Morgan fingerprint density at radius 3 is 2.95 bits per heavy atom. The van der Waals surface area contributed by atoms with E-state index >= 15 is 0 Å². The van der Waals surface area contributed by atoms with Gasteiger partial charge in [0.1, 0.15) is 12.0 Å². The van der Waals surface area contributed by atoms with Gasteiger partial charge in [0.2, 0.25) is 5.88 Å². The van der Waals surface area contributed by atoms with E-state index < -0.39 is 0 Å². The van der Waals surface area contributed by atoms with Crippen LogP contribution in [0.25, 0.3) is 0 Å². The van der Waals surface area contributed by atoms with Crippen LogP contribution in [-0.2, 0) is 12.8 Å². The maximum Gasteiger partial charge on any atom is 0.270 e. The highest BCUT2D eigenvalue weighted by atomic mass is 16.5. The van der Waals surface area contributed by atoms with Crippen molar-refractivity contribution in [1.82, 2.24) is 19.9 Å². The van der Waals surface area contributed by atoms with Crippen molar-refractivity contribution in [2.45, 2.75) is 12.8 Å². The summed E-state index contributed by atoms with van der Waals surface area (Å²) in [5.41, 5.74) is 2.60. The molecule has 3 heterocycles. The van der Waals surface area contributed by atoms with Crippen molar-refractivity contribution >= 4 is 5.91 Å². The van der Waals surface area contributed by atoms with Crippen LogP contribution in [0.15, 0.2) is 24.7 Å². The number of nitrogens with one attached hydrogen (secondary N) is 1. The van der Waals surface area contributed by atoms with Gasteiger partial charge < -0.3 is 14.6 Å². The molecule has 2 aromatic heterocycles. The molecule has 0 spiro atoms. The molecule has 0 radical (unpaired) electrons. The first-order chi connectivity index (χ1) is 9.79. The molecule has 0 aromatic carbocycles. The number of hydrogen-bond donors (Lipinski definition) is 1. The molecule has 0 saturated carbocycles. The van der Waals surface area contributed by atoms with Gasteiger partial charge in [-0.15, -0.1) is 0 Å². The topological polar surface area (TPSA) is 71.1 Å². The first kappa shape index (κ1) is 12.7. The normalized spacial score (nSPS) is 14.6. The van der Waals surface area contributed by atoms with Gasteiger partial charge in [-0.1, -0.05) is 0 Å². The van der Waals surface area contributed by atoms with E-state index in [0.29, 0.717) is 31.1 Å². The van der Waals surface area contributed by atoms with Gasteiger partial charge in [0.25, 0.3) is 5.91 Å². The van der Waals surface area contributed by atoms with Crippen LogP contribution < -0.4 is 4.74 Å². The lowest BCUT2D eigenvalue weighted by Gasteiger charge is -2.19. The van der Waals surface area contributed by atoms with Crippen LogP contribution in [0, 0.1) is 0 Å². The molecule has 0 unspecified atom stereocenters. The van der Waals surface area contributed by atoms with E-state index in [9.17, 15) is 4.79 Å². The second-order valence-electron chi connectivity index (χ2n) is 4.68. The van der Waals surface area contributed by atoms with Gasteiger partial charge in [0.15, 0.2) is 0 Å². The third-order valence-electron chi connectivity index (χ3n) is 3.55. The van der Waals surface area contributed by atoms with E-state index in [0.717, 1.165) is 17.7 Å². The summed E-state index contributed by atoms with van der Waals surface area (Å²) in [4.78, 5) is 25.6. The van der Waals surface area contributed by atoms with Crippen LogP contribution >= 0.6 is 0 Å². The van der Waals surface area contributed by atoms with Gasteiger partial charge in [-0.25, -0.2) is 9.97 Å². The summed E-state index contributed by atoms with van der Waals surface area (Å²) in [7, 11) is 1.61. The predicted molar refractivity (Wildman–Crippen MR) is 72.7 cm³/mol. The Morgan fingerprint density at radius 1 is 1.35 bits per heavy atom. The van der Waals surface area contributed by atoms with Gasteiger partial charge in [-0.3, -0.25) is 4.79 Å². The van der Waals surface area contributed by atoms with Crippen molar-refractivity contribution in [3.05, 3.63) is 41.6 Å². The lowest BCUT2D eigenvalue weighted by atomic mass is 10.1. The fourth-order valence-electron chi connectivity index (χ4n) is 2.51. The first-order valence-electron chi connectivity index (χ1n) is 6.59. The van der Waals surface area contributed by atoms with Crippen LogP contribution in [0.4, 0.5) is 0 Å². The molecule has 20 heavy (non-hydrogen) atoms. The molecule has 0 atom stereocenters. The number of nitrogens with zero attached hydrogens (tertiary/aromatic N) is 3. The highest BCUT2D eigenvalue weighted by Gasteiger charge is 2.23. The van der Waals surface area contributed by atoms with Crippen molar-refractivity contribution < 1.29 is 9.53 Å². The number of fused-ring (bicyclic) bond motifs is 1. The fraction of sp³-hybridized carbons (Fsp3) is 0.357.